The molecule has 112 valence electrons. The van der Waals surface area contributed by atoms with Gasteiger partial charge in [-0.15, -0.1) is 0 Å². The van der Waals surface area contributed by atoms with Gasteiger partial charge in [0.1, 0.15) is 5.60 Å². The third-order valence-electron chi connectivity index (χ3n) is 2.45. The summed E-state index contributed by atoms with van der Waals surface area (Å²) >= 11 is 0. The van der Waals surface area contributed by atoms with Crippen LogP contribution in [0, 0.1) is 0 Å². The molecule has 0 radical (unpaired) electrons. The van der Waals surface area contributed by atoms with Crippen molar-refractivity contribution in [3.63, 3.8) is 0 Å². The summed E-state index contributed by atoms with van der Waals surface area (Å²) in [6, 6.07) is -0.349. The van der Waals surface area contributed by atoms with Crippen molar-refractivity contribution < 1.29 is 22.1 Å². The number of hydrogen-bond acceptors (Lipinski definition) is 6. The summed E-state index contributed by atoms with van der Waals surface area (Å²) in [5.74, 6) is 0. The zero-order chi connectivity index (χ0) is 14.7. The lowest BCUT2D eigenvalue weighted by Gasteiger charge is -2.36. The summed E-state index contributed by atoms with van der Waals surface area (Å²) in [5.41, 5.74) is -0.579. The van der Waals surface area contributed by atoms with Crippen LogP contribution in [0.1, 0.15) is 20.8 Å². The predicted octanol–water partition coefficient (Wildman–Crippen LogP) is 0.172. The number of nitrogens with one attached hydrogen (secondary N) is 1. The second-order valence-electron chi connectivity index (χ2n) is 5.52. The van der Waals surface area contributed by atoms with Crippen LogP contribution in [0.2, 0.25) is 0 Å². The number of ether oxygens (including phenoxy) is 1. The summed E-state index contributed by atoms with van der Waals surface area (Å²) in [5, 5.41) is 3.09. The maximum atomic E-state index is 12.0. The lowest BCUT2D eigenvalue weighted by Crippen LogP contribution is -2.56. The van der Waals surface area contributed by atoms with Crippen LogP contribution in [-0.4, -0.2) is 63.6 Å². The molecule has 0 spiro atoms. The Kier molecular flexibility index (Phi) is 5.17. The van der Waals surface area contributed by atoms with Crippen molar-refractivity contribution in [2.75, 3.05) is 32.5 Å². The normalized spacial score (nSPS) is 21.3. The Balaban J connectivity index is 2.64. The van der Waals surface area contributed by atoms with Gasteiger partial charge in [0.05, 0.1) is 18.9 Å². The van der Waals surface area contributed by atoms with E-state index in [1.165, 1.54) is 4.90 Å². The van der Waals surface area contributed by atoms with Crippen molar-refractivity contribution in [1.29, 1.82) is 0 Å². The van der Waals surface area contributed by atoms with E-state index in [1.54, 1.807) is 20.8 Å². The van der Waals surface area contributed by atoms with E-state index < -0.39 is 21.8 Å². The smallest absolute Gasteiger partial charge is 0.410 e. The number of nitrogens with zero attached hydrogens (tertiary/aromatic N) is 1. The van der Waals surface area contributed by atoms with Gasteiger partial charge in [-0.2, -0.15) is 8.42 Å². The van der Waals surface area contributed by atoms with Gasteiger partial charge in [-0.1, -0.05) is 0 Å². The Hall–Kier alpha value is -0.860. The van der Waals surface area contributed by atoms with Gasteiger partial charge in [0.15, 0.2) is 0 Å². The van der Waals surface area contributed by atoms with Crippen LogP contribution >= 0.6 is 0 Å². The Bertz CT molecular complexity index is 415. The van der Waals surface area contributed by atoms with Crippen molar-refractivity contribution in [2.24, 2.45) is 0 Å². The van der Waals surface area contributed by atoms with Gasteiger partial charge < -0.3 is 15.0 Å². The minimum absolute atomic E-state index is 0.0644. The molecule has 1 atom stereocenters. The van der Waals surface area contributed by atoms with Gasteiger partial charge in [0.25, 0.3) is 10.1 Å². The summed E-state index contributed by atoms with van der Waals surface area (Å²) < 4.78 is 32.1. The Morgan fingerprint density at radius 1 is 1.42 bits per heavy atom. The number of carbonyl (C=O) groups is 1. The fourth-order valence-electron chi connectivity index (χ4n) is 1.67. The molecule has 1 N–H and O–H groups in total. The van der Waals surface area contributed by atoms with Crippen molar-refractivity contribution in [1.82, 2.24) is 10.2 Å². The van der Waals surface area contributed by atoms with Crippen LogP contribution in [-0.2, 0) is 19.0 Å². The summed E-state index contributed by atoms with van der Waals surface area (Å²) in [4.78, 5) is 13.5. The summed E-state index contributed by atoms with van der Waals surface area (Å²) in [6.07, 6.45) is 0.539. The van der Waals surface area contributed by atoms with Crippen LogP contribution in [0.5, 0.6) is 0 Å². The molecule has 0 aromatic rings. The third-order valence-corrected chi connectivity index (χ3v) is 3.02. The van der Waals surface area contributed by atoms with E-state index in [-0.39, 0.29) is 12.6 Å². The molecule has 1 amide bonds. The third kappa shape index (κ3) is 6.22. The largest absolute Gasteiger partial charge is 0.444 e. The molecule has 1 unspecified atom stereocenters. The Morgan fingerprint density at radius 3 is 2.58 bits per heavy atom. The van der Waals surface area contributed by atoms with Gasteiger partial charge in [-0.25, -0.2) is 4.79 Å². The van der Waals surface area contributed by atoms with Gasteiger partial charge in [0, 0.05) is 19.6 Å². The monoisotopic (exact) mass is 294 g/mol. The fraction of sp³-hybridized carbons (Fsp3) is 0.909. The standard InChI is InChI=1S/C11H22N2O5S/c1-11(2,3)18-10(14)13-6-5-12-7-9(13)8-17-19(4,15)16/h9,12H,5-8H2,1-4H3. The van der Waals surface area contributed by atoms with E-state index in [0.717, 1.165) is 6.26 Å². The average molecular weight is 294 g/mol. The van der Waals surface area contributed by atoms with E-state index in [2.05, 4.69) is 5.32 Å². The highest BCUT2D eigenvalue weighted by atomic mass is 32.2. The van der Waals surface area contributed by atoms with Crippen molar-refractivity contribution in [3.8, 4) is 0 Å². The lowest BCUT2D eigenvalue weighted by molar-refractivity contribution is 0.00661. The van der Waals surface area contributed by atoms with Crippen LogP contribution in [0.15, 0.2) is 0 Å². The molecule has 0 bridgehead atoms. The average Bonchev–Trinajstić information content (AvgIpc) is 2.23. The fourth-order valence-corrected chi connectivity index (χ4v) is 2.08. The first-order chi connectivity index (χ1) is 8.58. The van der Waals surface area contributed by atoms with Gasteiger partial charge >= 0.3 is 6.09 Å². The quantitative estimate of drug-likeness (QED) is 0.747. The first kappa shape index (κ1) is 16.2. The Morgan fingerprint density at radius 2 is 2.05 bits per heavy atom. The number of carbonyl (C=O) groups excluding carboxylic acids is 1. The first-order valence-electron chi connectivity index (χ1n) is 6.13. The first-order valence-corrected chi connectivity index (χ1v) is 7.95. The molecule has 0 saturated carbocycles. The number of rotatable bonds is 3. The molecule has 1 heterocycles. The van der Waals surface area contributed by atoms with Crippen molar-refractivity contribution in [2.45, 2.75) is 32.4 Å². The maximum Gasteiger partial charge on any atom is 0.410 e. The highest BCUT2D eigenvalue weighted by molar-refractivity contribution is 7.85. The van der Waals surface area contributed by atoms with Crippen LogP contribution in [0.3, 0.4) is 0 Å². The van der Waals surface area contributed by atoms with E-state index in [9.17, 15) is 13.2 Å². The molecule has 1 aliphatic heterocycles. The van der Waals surface area contributed by atoms with Gasteiger partial charge in [-0.05, 0) is 20.8 Å². The summed E-state index contributed by atoms with van der Waals surface area (Å²) in [6.45, 7) is 6.89. The molecule has 1 rings (SSSR count). The molecule has 0 aromatic heterocycles. The van der Waals surface area contributed by atoms with Crippen molar-refractivity contribution in [3.05, 3.63) is 0 Å². The van der Waals surface area contributed by atoms with Crippen LogP contribution in [0.4, 0.5) is 4.79 Å². The zero-order valence-corrected chi connectivity index (χ0v) is 12.6. The number of piperazine rings is 1. The molecule has 7 nitrogen and oxygen atoms in total. The summed E-state index contributed by atoms with van der Waals surface area (Å²) in [7, 11) is -3.51. The molecular weight excluding hydrogens is 272 g/mol. The molecule has 1 aliphatic rings. The molecular formula is C11H22N2O5S. The second-order valence-corrected chi connectivity index (χ2v) is 7.16. The van der Waals surface area contributed by atoms with Gasteiger partial charge in [0.2, 0.25) is 0 Å². The minimum Gasteiger partial charge on any atom is -0.444 e. The topological polar surface area (TPSA) is 84.9 Å². The molecule has 0 aliphatic carbocycles. The maximum absolute atomic E-state index is 12.0. The minimum atomic E-state index is -3.51. The SMILES string of the molecule is CC(C)(C)OC(=O)N1CCNCC1COS(C)(=O)=O. The molecule has 1 saturated heterocycles. The highest BCUT2D eigenvalue weighted by Crippen LogP contribution is 2.13. The van der Waals surface area contributed by atoms with Crippen LogP contribution in [0.25, 0.3) is 0 Å². The molecule has 0 aromatic carbocycles. The van der Waals surface area contributed by atoms with E-state index in [1.807, 2.05) is 0 Å². The van der Waals surface area contributed by atoms with Gasteiger partial charge in [-0.3, -0.25) is 4.18 Å². The Labute approximate surface area is 114 Å². The number of hydrogen-bond donors (Lipinski definition) is 1. The molecule has 8 heteroatoms. The van der Waals surface area contributed by atoms with Crippen molar-refractivity contribution >= 4 is 16.2 Å². The number of amides is 1. The van der Waals surface area contributed by atoms with E-state index >= 15 is 0 Å². The second kappa shape index (κ2) is 6.06. The lowest BCUT2D eigenvalue weighted by atomic mass is 10.2. The molecule has 19 heavy (non-hydrogen) atoms. The predicted molar refractivity (Wildman–Crippen MR) is 70.4 cm³/mol. The highest BCUT2D eigenvalue weighted by Gasteiger charge is 2.31. The molecule has 1 fully saturated rings. The zero-order valence-electron chi connectivity index (χ0n) is 11.8. The van der Waals surface area contributed by atoms with Crippen LogP contribution < -0.4 is 5.32 Å². The van der Waals surface area contributed by atoms with E-state index in [0.29, 0.717) is 19.6 Å². The van der Waals surface area contributed by atoms with E-state index in [4.69, 9.17) is 8.92 Å².